The highest BCUT2D eigenvalue weighted by molar-refractivity contribution is 5.76. The molecule has 0 fully saturated rings. The molecule has 0 heterocycles. The van der Waals surface area contributed by atoms with Crippen molar-refractivity contribution in [2.75, 3.05) is 13.2 Å². The maximum atomic E-state index is 12.4. The van der Waals surface area contributed by atoms with E-state index in [0.29, 0.717) is 19.4 Å². The van der Waals surface area contributed by atoms with E-state index in [2.05, 4.69) is 67.8 Å². The van der Waals surface area contributed by atoms with Crippen molar-refractivity contribution in [2.45, 2.75) is 289 Å². The molecule has 6 nitrogen and oxygen atoms in total. The number of esters is 1. The Morgan fingerprint density at radius 3 is 1.20 bits per heavy atom. The van der Waals surface area contributed by atoms with Crippen molar-refractivity contribution in [3.8, 4) is 0 Å². The van der Waals surface area contributed by atoms with Gasteiger partial charge in [0.1, 0.15) is 0 Å². The standard InChI is InChI=1S/C59H107NO5/c1-3-5-7-9-11-13-15-16-17-23-27-30-33-37-41-45-49-53-59(64)65-54-50-46-42-38-34-31-28-25-22-20-18-19-21-24-26-29-32-36-40-44-48-52-58(63)60-56(55-61)57(62)51-47-43-39-35-14-12-10-8-6-4-2/h11,13,16-17,31,34,42,46-47,51,56-57,61-62H,3-10,12,14-15,18-30,32-33,35-41,43-45,48-50,52-55H2,1-2H3,(H,60,63)/b13-11-,17-16-,34-31-,46-42-,51-47+. The molecule has 2 atom stereocenters. The SMILES string of the molecule is CCCCC/C=C\C/C=C\CCCCCCCCCC(=O)OCC/C=C\C/C=C\CCCCCCCCCCCCCCCCC(=O)NC(CO)C(O)/C=C/CCCCCCCCCC. The zero-order valence-electron chi connectivity index (χ0n) is 43.0. The molecular formula is C59H107NO5. The first-order chi connectivity index (χ1) is 32.0. The fourth-order valence-electron chi connectivity index (χ4n) is 8.21. The van der Waals surface area contributed by atoms with Crippen LogP contribution in [0.4, 0.5) is 0 Å². The summed E-state index contributed by atoms with van der Waals surface area (Å²) in [7, 11) is 0. The van der Waals surface area contributed by atoms with Crippen LogP contribution in [0.1, 0.15) is 277 Å². The van der Waals surface area contributed by atoms with Gasteiger partial charge in [-0.2, -0.15) is 0 Å². The normalized spacial score (nSPS) is 13.1. The minimum absolute atomic E-state index is 0.0447. The molecule has 0 aromatic heterocycles. The summed E-state index contributed by atoms with van der Waals surface area (Å²) >= 11 is 0. The maximum Gasteiger partial charge on any atom is 0.305 e. The lowest BCUT2D eigenvalue weighted by Gasteiger charge is -2.20. The summed E-state index contributed by atoms with van der Waals surface area (Å²) in [5.41, 5.74) is 0. The molecule has 2 unspecified atom stereocenters. The number of allylic oxidation sites excluding steroid dienone is 8. The van der Waals surface area contributed by atoms with Crippen LogP contribution in [0.15, 0.2) is 60.8 Å². The first-order valence-corrected chi connectivity index (χ1v) is 28.1. The number of ether oxygens (including phenoxy) is 1. The number of hydrogen-bond donors (Lipinski definition) is 3. The number of unbranched alkanes of at least 4 members (excludes halogenated alkanes) is 32. The molecule has 1 amide bonds. The predicted molar refractivity (Wildman–Crippen MR) is 282 cm³/mol. The van der Waals surface area contributed by atoms with Crippen molar-refractivity contribution in [1.29, 1.82) is 0 Å². The smallest absolute Gasteiger partial charge is 0.305 e. The van der Waals surface area contributed by atoms with Crippen LogP contribution >= 0.6 is 0 Å². The summed E-state index contributed by atoms with van der Waals surface area (Å²) in [5.74, 6) is -0.121. The monoisotopic (exact) mass is 910 g/mol. The molecule has 0 spiro atoms. The van der Waals surface area contributed by atoms with Gasteiger partial charge in [-0.05, 0) is 83.5 Å². The fourth-order valence-corrected chi connectivity index (χ4v) is 8.21. The Hall–Kier alpha value is -2.44. The number of carbonyl (C=O) groups excluding carboxylic acids is 2. The summed E-state index contributed by atoms with van der Waals surface area (Å²) in [6.45, 7) is 4.74. The van der Waals surface area contributed by atoms with E-state index in [-0.39, 0.29) is 18.5 Å². The Kier molecular flexibility index (Phi) is 52.1. The molecule has 0 radical (unpaired) electrons. The molecule has 6 heteroatoms. The van der Waals surface area contributed by atoms with Crippen LogP contribution in [0.2, 0.25) is 0 Å². The highest BCUT2D eigenvalue weighted by Crippen LogP contribution is 2.15. The molecule has 0 aromatic rings. The topological polar surface area (TPSA) is 95.9 Å². The third-order valence-electron chi connectivity index (χ3n) is 12.5. The minimum Gasteiger partial charge on any atom is -0.465 e. The first-order valence-electron chi connectivity index (χ1n) is 28.1. The van der Waals surface area contributed by atoms with Gasteiger partial charge in [0.15, 0.2) is 0 Å². The first kappa shape index (κ1) is 62.6. The van der Waals surface area contributed by atoms with Gasteiger partial charge in [-0.1, -0.05) is 242 Å². The van der Waals surface area contributed by atoms with Crippen molar-refractivity contribution < 1.29 is 24.5 Å². The van der Waals surface area contributed by atoms with Crippen LogP contribution < -0.4 is 5.32 Å². The van der Waals surface area contributed by atoms with Crippen LogP contribution in [0.5, 0.6) is 0 Å². The average Bonchev–Trinajstić information content (AvgIpc) is 3.31. The Balaban J connectivity index is 3.47. The second kappa shape index (κ2) is 54.2. The van der Waals surface area contributed by atoms with Gasteiger partial charge in [0.05, 0.1) is 25.4 Å². The number of hydrogen-bond acceptors (Lipinski definition) is 5. The van der Waals surface area contributed by atoms with Crippen molar-refractivity contribution in [3.63, 3.8) is 0 Å². The molecule has 0 aliphatic rings. The van der Waals surface area contributed by atoms with Crippen molar-refractivity contribution >= 4 is 11.9 Å². The van der Waals surface area contributed by atoms with Gasteiger partial charge in [-0.25, -0.2) is 0 Å². The quantitative estimate of drug-likeness (QED) is 0.0321. The lowest BCUT2D eigenvalue weighted by molar-refractivity contribution is -0.143. The van der Waals surface area contributed by atoms with Crippen LogP contribution in [0.3, 0.4) is 0 Å². The Morgan fingerprint density at radius 2 is 0.769 bits per heavy atom. The van der Waals surface area contributed by atoms with E-state index < -0.39 is 12.1 Å². The number of aliphatic hydroxyl groups is 2. The third kappa shape index (κ3) is 50.8. The summed E-state index contributed by atoms with van der Waals surface area (Å²) < 4.78 is 5.41. The molecule has 378 valence electrons. The largest absolute Gasteiger partial charge is 0.465 e. The van der Waals surface area contributed by atoms with Crippen molar-refractivity contribution in [1.82, 2.24) is 5.32 Å². The number of nitrogens with one attached hydrogen (secondary N) is 1. The Morgan fingerprint density at radius 1 is 0.431 bits per heavy atom. The van der Waals surface area contributed by atoms with Crippen LogP contribution in [-0.4, -0.2) is 47.4 Å². The van der Waals surface area contributed by atoms with E-state index in [1.165, 1.54) is 193 Å². The van der Waals surface area contributed by atoms with E-state index >= 15 is 0 Å². The van der Waals surface area contributed by atoms with Crippen LogP contribution in [0, 0.1) is 0 Å². The van der Waals surface area contributed by atoms with E-state index in [0.717, 1.165) is 57.8 Å². The van der Waals surface area contributed by atoms with Crippen LogP contribution in [0.25, 0.3) is 0 Å². The van der Waals surface area contributed by atoms with Gasteiger partial charge < -0.3 is 20.3 Å². The van der Waals surface area contributed by atoms with E-state index in [1.54, 1.807) is 6.08 Å². The predicted octanol–water partition coefficient (Wildman–Crippen LogP) is 17.2. The number of aliphatic hydroxyl groups excluding tert-OH is 2. The third-order valence-corrected chi connectivity index (χ3v) is 12.5. The molecule has 0 aliphatic carbocycles. The highest BCUT2D eigenvalue weighted by atomic mass is 16.5. The van der Waals surface area contributed by atoms with Gasteiger partial charge in [-0.3, -0.25) is 9.59 Å². The molecule has 0 rings (SSSR count). The molecule has 65 heavy (non-hydrogen) atoms. The molecule has 3 N–H and O–H groups in total. The zero-order chi connectivity index (χ0) is 47.2. The number of carbonyl (C=O) groups is 2. The second-order valence-electron chi connectivity index (χ2n) is 18.9. The van der Waals surface area contributed by atoms with E-state index in [4.69, 9.17) is 4.74 Å². The molecule has 0 aromatic carbocycles. The Labute approximate surface area is 403 Å². The molecule has 0 saturated carbocycles. The van der Waals surface area contributed by atoms with Crippen molar-refractivity contribution in [2.24, 2.45) is 0 Å². The van der Waals surface area contributed by atoms with Gasteiger partial charge in [-0.15, -0.1) is 0 Å². The molecular weight excluding hydrogens is 803 g/mol. The Bertz CT molecular complexity index is 1140. The molecule has 0 saturated heterocycles. The fraction of sp³-hybridized carbons (Fsp3) is 0.797. The van der Waals surface area contributed by atoms with Gasteiger partial charge in [0.25, 0.3) is 0 Å². The van der Waals surface area contributed by atoms with E-state index in [9.17, 15) is 19.8 Å². The summed E-state index contributed by atoms with van der Waals surface area (Å²) in [6, 6.07) is -0.631. The van der Waals surface area contributed by atoms with Gasteiger partial charge in [0.2, 0.25) is 5.91 Å². The summed E-state index contributed by atoms with van der Waals surface area (Å²) in [4.78, 5) is 24.4. The summed E-state index contributed by atoms with van der Waals surface area (Å²) in [6.07, 6.45) is 69.7. The number of amides is 1. The van der Waals surface area contributed by atoms with Crippen molar-refractivity contribution in [3.05, 3.63) is 60.8 Å². The average molecular weight is 911 g/mol. The minimum atomic E-state index is -0.847. The van der Waals surface area contributed by atoms with E-state index in [1.807, 2.05) is 6.08 Å². The second-order valence-corrected chi connectivity index (χ2v) is 18.9. The van der Waals surface area contributed by atoms with Gasteiger partial charge in [0, 0.05) is 12.8 Å². The maximum absolute atomic E-state index is 12.4. The van der Waals surface area contributed by atoms with Gasteiger partial charge >= 0.3 is 5.97 Å². The van der Waals surface area contributed by atoms with Crippen LogP contribution in [-0.2, 0) is 14.3 Å². The molecule has 0 bridgehead atoms. The summed E-state index contributed by atoms with van der Waals surface area (Å²) in [5, 5.41) is 23.0. The number of rotatable bonds is 51. The highest BCUT2D eigenvalue weighted by Gasteiger charge is 2.18. The molecule has 0 aliphatic heterocycles. The zero-order valence-corrected chi connectivity index (χ0v) is 43.0. The lowest BCUT2D eigenvalue weighted by atomic mass is 10.0. The lowest BCUT2D eigenvalue weighted by Crippen LogP contribution is -2.45.